The number of hydrogen-bond donors (Lipinski definition) is 0. The Morgan fingerprint density at radius 2 is 1.91 bits per heavy atom. The molecule has 1 aliphatic carbocycles. The van der Waals surface area contributed by atoms with E-state index < -0.39 is 15.7 Å². The van der Waals surface area contributed by atoms with Gasteiger partial charge in [-0.2, -0.15) is 0 Å². The van der Waals surface area contributed by atoms with Gasteiger partial charge in [-0.1, -0.05) is 6.07 Å². The molecule has 2 heterocycles. The van der Waals surface area contributed by atoms with Crippen molar-refractivity contribution in [2.75, 3.05) is 38.0 Å². The third kappa shape index (κ3) is 5.88. The Bertz CT molecular complexity index is 1060. The summed E-state index contributed by atoms with van der Waals surface area (Å²) in [6.45, 7) is 4.84. The smallest absolute Gasteiger partial charge is 0.225 e. The number of sulfone groups is 1. The van der Waals surface area contributed by atoms with Crippen molar-refractivity contribution in [3.8, 4) is 0 Å². The Balaban J connectivity index is 1.19. The summed E-state index contributed by atoms with van der Waals surface area (Å²) in [5, 5.41) is 0. The molecule has 0 radical (unpaired) electrons. The van der Waals surface area contributed by atoms with Gasteiger partial charge in [0.15, 0.2) is 9.84 Å². The minimum absolute atomic E-state index is 0.00956. The molecule has 1 aromatic carbocycles. The number of aromatic nitrogens is 2. The first kappa shape index (κ1) is 24.0. The molecule has 7 nitrogen and oxygen atoms in total. The van der Waals surface area contributed by atoms with E-state index in [1.165, 1.54) is 18.6 Å². The molecule has 0 bridgehead atoms. The van der Waals surface area contributed by atoms with Crippen molar-refractivity contribution in [2.45, 2.75) is 43.8 Å². The number of benzene rings is 1. The zero-order valence-electron chi connectivity index (χ0n) is 19.4. The lowest BCUT2D eigenvalue weighted by molar-refractivity contribution is 0.104. The third-order valence-corrected chi connectivity index (χ3v) is 8.01. The average molecular weight is 478 g/mol. The van der Waals surface area contributed by atoms with Crippen LogP contribution in [0, 0.1) is 23.6 Å². The van der Waals surface area contributed by atoms with Crippen molar-refractivity contribution in [2.24, 2.45) is 17.8 Å². The first-order valence-corrected chi connectivity index (χ1v) is 13.3. The van der Waals surface area contributed by atoms with E-state index in [1.54, 1.807) is 13.2 Å². The van der Waals surface area contributed by atoms with Crippen molar-refractivity contribution >= 4 is 15.8 Å². The van der Waals surface area contributed by atoms with Gasteiger partial charge in [0.05, 0.1) is 19.3 Å². The van der Waals surface area contributed by atoms with Crippen LogP contribution < -0.4 is 4.90 Å². The first-order valence-electron chi connectivity index (χ1n) is 11.4. The summed E-state index contributed by atoms with van der Waals surface area (Å²) in [6.07, 6.45) is 8.11. The summed E-state index contributed by atoms with van der Waals surface area (Å²) < 4.78 is 48.2. The van der Waals surface area contributed by atoms with E-state index in [0.29, 0.717) is 29.9 Å². The van der Waals surface area contributed by atoms with Crippen LogP contribution in [0.1, 0.15) is 43.4 Å². The van der Waals surface area contributed by atoms with Crippen molar-refractivity contribution in [3.05, 3.63) is 47.5 Å². The van der Waals surface area contributed by atoms with Crippen molar-refractivity contribution in [1.82, 2.24) is 9.97 Å². The molecule has 1 aliphatic heterocycles. The van der Waals surface area contributed by atoms with E-state index in [-0.39, 0.29) is 17.6 Å². The van der Waals surface area contributed by atoms with E-state index in [2.05, 4.69) is 14.9 Å². The van der Waals surface area contributed by atoms with Gasteiger partial charge in [-0.15, -0.1) is 0 Å². The summed E-state index contributed by atoms with van der Waals surface area (Å²) in [5.74, 6) is 1.98. The predicted molar refractivity (Wildman–Crippen MR) is 123 cm³/mol. The number of ether oxygens (including phenoxy) is 2. The summed E-state index contributed by atoms with van der Waals surface area (Å²) in [4.78, 5) is 11.0. The second kappa shape index (κ2) is 10.0. The molecule has 0 N–H and O–H groups in total. The van der Waals surface area contributed by atoms with Crippen LogP contribution >= 0.6 is 0 Å². The number of hydrogen-bond acceptors (Lipinski definition) is 7. The molecule has 1 saturated heterocycles. The summed E-state index contributed by atoms with van der Waals surface area (Å²) in [7, 11) is -1.88. The number of nitrogens with zero attached hydrogens (tertiary/aromatic N) is 3. The fourth-order valence-electron chi connectivity index (χ4n) is 4.67. The average Bonchev–Trinajstić information content (AvgIpc) is 3.57. The minimum atomic E-state index is -3.55. The quantitative estimate of drug-likeness (QED) is 0.543. The molecule has 1 aromatic heterocycles. The number of anilines is 1. The minimum Gasteiger partial charge on any atom is -0.377 e. The van der Waals surface area contributed by atoms with Gasteiger partial charge in [0.1, 0.15) is 10.7 Å². The Morgan fingerprint density at radius 3 is 2.52 bits per heavy atom. The normalized spacial score (nSPS) is 22.4. The highest BCUT2D eigenvalue weighted by Gasteiger charge is 2.43. The van der Waals surface area contributed by atoms with Gasteiger partial charge in [0, 0.05) is 44.4 Å². The molecule has 0 spiro atoms. The highest BCUT2D eigenvalue weighted by atomic mass is 32.2. The van der Waals surface area contributed by atoms with E-state index in [1.807, 2.05) is 19.3 Å². The standard InChI is InChI=1S/C24H32FN3O4S/c1-16(31-2)20-12-26-24(27-13-20)28-8-6-18(7-9-28)21-11-19(21)15-32-14-17-4-5-23(22(25)10-17)33(3,29)30/h4-5,10,12-13,16,18-19,21H,6-9,11,14-15H2,1-3H3/t16?,19-,21+/m0/s1. The lowest BCUT2D eigenvalue weighted by Gasteiger charge is -2.32. The Kier molecular flexibility index (Phi) is 7.31. The monoisotopic (exact) mass is 477 g/mol. The SMILES string of the molecule is COC(C)c1cnc(N2CCC([C@H]3C[C@H]3COCc3ccc(S(C)(=O)=O)c(F)c3)CC2)nc1. The molecular formula is C24H32FN3O4S. The fourth-order valence-corrected chi connectivity index (χ4v) is 5.40. The third-order valence-electron chi connectivity index (χ3n) is 6.88. The molecule has 33 heavy (non-hydrogen) atoms. The van der Waals surface area contributed by atoms with Crippen LogP contribution in [-0.4, -0.2) is 51.4 Å². The van der Waals surface area contributed by atoms with Gasteiger partial charge in [0.2, 0.25) is 5.95 Å². The molecule has 2 aliphatic rings. The zero-order chi connectivity index (χ0) is 23.6. The molecule has 1 unspecified atom stereocenters. The van der Waals surface area contributed by atoms with Crippen LogP contribution in [0.25, 0.3) is 0 Å². The van der Waals surface area contributed by atoms with Crippen LogP contribution in [0.5, 0.6) is 0 Å². The first-order chi connectivity index (χ1) is 15.8. The summed E-state index contributed by atoms with van der Waals surface area (Å²) >= 11 is 0. The number of piperidine rings is 1. The van der Waals surface area contributed by atoms with Gasteiger partial charge in [-0.05, 0) is 61.6 Å². The zero-order valence-corrected chi connectivity index (χ0v) is 20.2. The van der Waals surface area contributed by atoms with Gasteiger partial charge < -0.3 is 14.4 Å². The van der Waals surface area contributed by atoms with Crippen LogP contribution in [0.15, 0.2) is 35.5 Å². The predicted octanol–water partition coefficient (Wildman–Crippen LogP) is 3.80. The Labute approximate surface area is 195 Å². The van der Waals surface area contributed by atoms with E-state index >= 15 is 0 Å². The molecule has 2 fully saturated rings. The van der Waals surface area contributed by atoms with E-state index in [0.717, 1.165) is 43.7 Å². The molecule has 4 rings (SSSR count). The Hall–Kier alpha value is -2.10. The molecule has 0 amide bonds. The molecule has 2 aromatic rings. The molecule has 9 heteroatoms. The highest BCUT2D eigenvalue weighted by Crippen LogP contribution is 2.48. The second-order valence-electron chi connectivity index (χ2n) is 9.23. The van der Waals surface area contributed by atoms with Gasteiger partial charge in [-0.3, -0.25) is 0 Å². The maximum absolute atomic E-state index is 14.0. The van der Waals surface area contributed by atoms with E-state index in [9.17, 15) is 12.8 Å². The van der Waals surface area contributed by atoms with Gasteiger partial charge >= 0.3 is 0 Å². The number of methoxy groups -OCH3 is 1. The van der Waals surface area contributed by atoms with E-state index in [4.69, 9.17) is 9.47 Å². The molecule has 1 saturated carbocycles. The maximum Gasteiger partial charge on any atom is 0.225 e. The lowest BCUT2D eigenvalue weighted by Crippen LogP contribution is -2.35. The van der Waals surface area contributed by atoms with Crippen LogP contribution in [-0.2, 0) is 25.9 Å². The number of rotatable bonds is 9. The van der Waals surface area contributed by atoms with Crippen molar-refractivity contribution in [1.29, 1.82) is 0 Å². The lowest BCUT2D eigenvalue weighted by atomic mass is 9.91. The summed E-state index contributed by atoms with van der Waals surface area (Å²) in [5.41, 5.74) is 1.63. The van der Waals surface area contributed by atoms with Crippen LogP contribution in [0.4, 0.5) is 10.3 Å². The topological polar surface area (TPSA) is 81.6 Å². The second-order valence-corrected chi connectivity index (χ2v) is 11.2. The number of halogens is 1. The van der Waals surface area contributed by atoms with Gasteiger partial charge in [0.25, 0.3) is 0 Å². The van der Waals surface area contributed by atoms with Crippen molar-refractivity contribution < 1.29 is 22.3 Å². The summed E-state index contributed by atoms with van der Waals surface area (Å²) in [6, 6.07) is 4.18. The highest BCUT2D eigenvalue weighted by molar-refractivity contribution is 7.90. The van der Waals surface area contributed by atoms with Gasteiger partial charge in [-0.25, -0.2) is 22.8 Å². The maximum atomic E-state index is 14.0. The molecular weight excluding hydrogens is 445 g/mol. The Morgan fingerprint density at radius 1 is 1.21 bits per heavy atom. The largest absolute Gasteiger partial charge is 0.377 e. The molecule has 180 valence electrons. The van der Waals surface area contributed by atoms with Crippen molar-refractivity contribution in [3.63, 3.8) is 0 Å². The molecule has 3 atom stereocenters. The fraction of sp³-hybridized carbons (Fsp3) is 0.583. The van der Waals surface area contributed by atoms with Crippen LogP contribution in [0.2, 0.25) is 0 Å². The van der Waals surface area contributed by atoms with Crippen LogP contribution in [0.3, 0.4) is 0 Å².